The molecule has 4 aromatic rings. The summed E-state index contributed by atoms with van der Waals surface area (Å²) in [6.45, 7) is 3.84. The fraction of sp³-hybridized carbons (Fsp3) is 0.115. The molecule has 0 aliphatic heterocycles. The first kappa shape index (κ1) is 21.7. The summed E-state index contributed by atoms with van der Waals surface area (Å²) in [5.41, 5.74) is 4.94. The molecule has 0 aliphatic rings. The number of nitrogens with one attached hydrogen (secondary N) is 1. The summed E-state index contributed by atoms with van der Waals surface area (Å²) in [5, 5.41) is 10.8. The number of benzene rings is 4. The van der Waals surface area contributed by atoms with E-state index in [1.54, 1.807) is 24.3 Å². The maximum atomic E-state index is 14.0. The average Bonchev–Trinajstić information content (AvgIpc) is 2.76. The summed E-state index contributed by atoms with van der Waals surface area (Å²) in [6.07, 6.45) is -0.116. The van der Waals surface area contributed by atoms with Gasteiger partial charge < -0.3 is 9.83 Å². The minimum absolute atomic E-state index is 0.116. The lowest BCUT2D eigenvalue weighted by Gasteiger charge is -2.16. The van der Waals surface area contributed by atoms with E-state index in [-0.39, 0.29) is 12.2 Å². The molecule has 1 atom stereocenters. The van der Waals surface area contributed by atoms with Crippen LogP contribution in [0.25, 0.3) is 21.9 Å². The van der Waals surface area contributed by atoms with E-state index in [4.69, 9.17) is 0 Å². The Balaban J connectivity index is 1.73. The Bertz CT molecular complexity index is 1330. The molecule has 32 heavy (non-hydrogen) atoms. The van der Waals surface area contributed by atoms with Crippen LogP contribution in [0, 0.1) is 19.7 Å². The van der Waals surface area contributed by atoms with Crippen molar-refractivity contribution >= 4 is 33.4 Å². The van der Waals surface area contributed by atoms with Crippen molar-refractivity contribution in [1.82, 2.24) is 0 Å². The van der Waals surface area contributed by atoms with Crippen LogP contribution in [0.4, 0.5) is 10.1 Å². The number of rotatable bonds is 6. The molecule has 1 unspecified atom stereocenters. The van der Waals surface area contributed by atoms with E-state index in [0.717, 1.165) is 33.3 Å². The lowest BCUT2D eigenvalue weighted by atomic mass is 9.89. The predicted molar refractivity (Wildman–Crippen MR) is 127 cm³/mol. The molecule has 0 heterocycles. The SMILES string of the molecule is Cc1ccc(NS(=O)c2ccc(-c3c(C)c(CC(=O)O)cc4ccc(F)cc34)cc2)cc1. The molecule has 0 aromatic heterocycles. The second-order valence-electron chi connectivity index (χ2n) is 7.73. The van der Waals surface area contributed by atoms with Crippen molar-refractivity contribution in [3.8, 4) is 11.1 Å². The first-order valence-corrected chi connectivity index (χ1v) is 11.3. The van der Waals surface area contributed by atoms with Crippen LogP contribution in [-0.2, 0) is 22.2 Å². The highest BCUT2D eigenvalue weighted by Crippen LogP contribution is 2.35. The second kappa shape index (κ2) is 8.93. The molecule has 4 rings (SSSR count). The minimum Gasteiger partial charge on any atom is -0.481 e. The summed E-state index contributed by atoms with van der Waals surface area (Å²) in [7, 11) is -1.44. The van der Waals surface area contributed by atoms with E-state index in [9.17, 15) is 18.5 Å². The largest absolute Gasteiger partial charge is 0.481 e. The summed E-state index contributed by atoms with van der Waals surface area (Å²) in [5.74, 6) is -1.28. The fourth-order valence-corrected chi connectivity index (χ4v) is 4.63. The molecule has 0 saturated carbocycles. The average molecular weight is 448 g/mol. The van der Waals surface area contributed by atoms with Crippen LogP contribution in [-0.4, -0.2) is 15.3 Å². The van der Waals surface area contributed by atoms with Gasteiger partial charge >= 0.3 is 5.97 Å². The number of hydrogen-bond acceptors (Lipinski definition) is 2. The van der Waals surface area contributed by atoms with E-state index < -0.39 is 17.0 Å². The lowest BCUT2D eigenvalue weighted by Crippen LogP contribution is -2.05. The summed E-state index contributed by atoms with van der Waals surface area (Å²) >= 11 is 0. The Morgan fingerprint density at radius 3 is 2.31 bits per heavy atom. The van der Waals surface area contributed by atoms with Crippen LogP contribution >= 0.6 is 0 Å². The van der Waals surface area contributed by atoms with Gasteiger partial charge in [0.05, 0.1) is 11.3 Å². The highest BCUT2D eigenvalue weighted by Gasteiger charge is 2.15. The molecule has 0 bridgehead atoms. The van der Waals surface area contributed by atoms with Gasteiger partial charge in [0.2, 0.25) is 0 Å². The van der Waals surface area contributed by atoms with Gasteiger partial charge in [0, 0.05) is 5.69 Å². The Morgan fingerprint density at radius 1 is 0.969 bits per heavy atom. The van der Waals surface area contributed by atoms with Crippen LogP contribution in [0.5, 0.6) is 0 Å². The van der Waals surface area contributed by atoms with Crippen molar-refractivity contribution < 1.29 is 18.5 Å². The standard InChI is InChI=1S/C26H22FNO3S/c1-16-3-9-22(10-4-16)28-32(31)23-11-6-18(7-12-23)26-17(2)20(14-25(29)30)13-19-5-8-21(27)15-24(19)26/h3-13,15,28H,14H2,1-2H3,(H,29,30). The Morgan fingerprint density at radius 2 is 1.66 bits per heavy atom. The first-order valence-electron chi connectivity index (χ1n) is 10.1. The third-order valence-electron chi connectivity index (χ3n) is 5.43. The van der Waals surface area contributed by atoms with Crippen LogP contribution in [0.1, 0.15) is 16.7 Å². The zero-order valence-corrected chi connectivity index (χ0v) is 18.5. The highest BCUT2D eigenvalue weighted by molar-refractivity contribution is 7.86. The second-order valence-corrected chi connectivity index (χ2v) is 8.95. The number of carboxylic acid groups (broad SMARTS) is 1. The van der Waals surface area contributed by atoms with Crippen molar-refractivity contribution in [2.45, 2.75) is 25.2 Å². The van der Waals surface area contributed by atoms with Crippen molar-refractivity contribution in [3.05, 3.63) is 95.3 Å². The fourth-order valence-electron chi connectivity index (χ4n) is 3.78. The maximum absolute atomic E-state index is 14.0. The van der Waals surface area contributed by atoms with Gasteiger partial charge in [0.25, 0.3) is 0 Å². The highest BCUT2D eigenvalue weighted by atomic mass is 32.2. The van der Waals surface area contributed by atoms with Gasteiger partial charge in [-0.05, 0) is 83.3 Å². The molecule has 6 heteroatoms. The Kier molecular flexibility index (Phi) is 6.06. The molecule has 0 fully saturated rings. The van der Waals surface area contributed by atoms with Gasteiger partial charge in [-0.2, -0.15) is 0 Å². The lowest BCUT2D eigenvalue weighted by molar-refractivity contribution is -0.136. The number of fused-ring (bicyclic) bond motifs is 1. The maximum Gasteiger partial charge on any atom is 0.307 e. The zero-order chi connectivity index (χ0) is 22.8. The smallest absolute Gasteiger partial charge is 0.307 e. The van der Waals surface area contributed by atoms with Gasteiger partial charge in [0.1, 0.15) is 16.8 Å². The van der Waals surface area contributed by atoms with Crippen LogP contribution < -0.4 is 4.72 Å². The summed E-state index contributed by atoms with van der Waals surface area (Å²) < 4.78 is 29.7. The van der Waals surface area contributed by atoms with Crippen molar-refractivity contribution in [1.29, 1.82) is 0 Å². The Hall–Kier alpha value is -3.51. The third kappa shape index (κ3) is 4.55. The molecule has 0 saturated heterocycles. The van der Waals surface area contributed by atoms with E-state index >= 15 is 0 Å². The first-order chi connectivity index (χ1) is 15.3. The molecule has 0 amide bonds. The van der Waals surface area contributed by atoms with Gasteiger partial charge in [-0.15, -0.1) is 0 Å². The molecule has 0 aliphatic carbocycles. The monoisotopic (exact) mass is 447 g/mol. The van der Waals surface area contributed by atoms with E-state index in [2.05, 4.69) is 4.72 Å². The van der Waals surface area contributed by atoms with Crippen molar-refractivity contribution in [2.24, 2.45) is 0 Å². The van der Waals surface area contributed by atoms with Gasteiger partial charge in [0.15, 0.2) is 0 Å². The van der Waals surface area contributed by atoms with Gasteiger partial charge in [-0.25, -0.2) is 8.60 Å². The molecule has 162 valence electrons. The number of aryl methyl sites for hydroxylation is 1. The van der Waals surface area contributed by atoms with Gasteiger partial charge in [-0.3, -0.25) is 4.79 Å². The predicted octanol–water partition coefficient (Wildman–Crippen LogP) is 6.02. The number of carbonyl (C=O) groups is 1. The summed E-state index contributed by atoms with van der Waals surface area (Å²) in [4.78, 5) is 11.9. The molecule has 0 radical (unpaired) electrons. The number of anilines is 1. The Labute approximate surface area is 188 Å². The molecule has 4 aromatic carbocycles. The van der Waals surface area contributed by atoms with Crippen molar-refractivity contribution in [2.75, 3.05) is 4.72 Å². The molecule has 4 nitrogen and oxygen atoms in total. The quantitative estimate of drug-likeness (QED) is 0.380. The number of halogens is 1. The molecule has 2 N–H and O–H groups in total. The van der Waals surface area contributed by atoms with Crippen LogP contribution in [0.15, 0.2) is 77.7 Å². The number of hydrogen-bond donors (Lipinski definition) is 2. The number of aliphatic carboxylic acids is 1. The normalized spacial score (nSPS) is 12.0. The van der Waals surface area contributed by atoms with Crippen molar-refractivity contribution in [3.63, 3.8) is 0 Å². The van der Waals surface area contributed by atoms with E-state index in [0.29, 0.717) is 15.8 Å². The topological polar surface area (TPSA) is 66.4 Å². The van der Waals surface area contributed by atoms with E-state index in [1.807, 2.05) is 50.2 Å². The van der Waals surface area contributed by atoms with Gasteiger partial charge in [-0.1, -0.05) is 42.0 Å². The molecular weight excluding hydrogens is 425 g/mol. The molecule has 0 spiro atoms. The third-order valence-corrected chi connectivity index (χ3v) is 6.55. The zero-order valence-electron chi connectivity index (χ0n) is 17.7. The summed E-state index contributed by atoms with van der Waals surface area (Å²) in [6, 6.07) is 21.1. The van der Waals surface area contributed by atoms with Crippen LogP contribution in [0.3, 0.4) is 0 Å². The van der Waals surface area contributed by atoms with Crippen LogP contribution in [0.2, 0.25) is 0 Å². The molecular formula is C26H22FNO3S. The number of carboxylic acids is 1. The van der Waals surface area contributed by atoms with E-state index in [1.165, 1.54) is 12.1 Å². The minimum atomic E-state index is -1.44.